The van der Waals surface area contributed by atoms with Crippen molar-refractivity contribution >= 4 is 6.03 Å². The molecule has 2 aliphatic rings. The molecular weight excluding hydrogens is 292 g/mol. The van der Waals surface area contributed by atoms with Gasteiger partial charge in [-0.3, -0.25) is 0 Å². The minimum atomic E-state index is 0.00638. The van der Waals surface area contributed by atoms with Gasteiger partial charge in [0.25, 0.3) is 0 Å². The van der Waals surface area contributed by atoms with E-state index in [9.17, 15) is 4.79 Å². The summed E-state index contributed by atoms with van der Waals surface area (Å²) in [5, 5.41) is 11.2. The van der Waals surface area contributed by atoms with Crippen molar-refractivity contribution in [2.24, 2.45) is 0 Å². The third-order valence-corrected chi connectivity index (χ3v) is 4.68. The molecule has 6 heteroatoms. The molecule has 3 rings (SSSR count). The van der Waals surface area contributed by atoms with E-state index in [0.717, 1.165) is 31.5 Å². The molecule has 0 aromatic carbocycles. The Hall–Kier alpha value is -1.85. The molecule has 1 saturated carbocycles. The Labute approximate surface area is 137 Å². The number of urea groups is 1. The van der Waals surface area contributed by atoms with Crippen LogP contribution in [0, 0.1) is 6.92 Å². The number of aryl methyl sites for hydroxylation is 1. The summed E-state index contributed by atoms with van der Waals surface area (Å²) in [4.78, 5) is 14.3. The number of ether oxygens (including phenoxy) is 1. The number of carbonyl (C=O) groups is 1. The van der Waals surface area contributed by atoms with Crippen molar-refractivity contribution in [2.75, 3.05) is 13.1 Å². The lowest BCUT2D eigenvalue weighted by Gasteiger charge is -2.22. The highest BCUT2D eigenvalue weighted by atomic mass is 16.5. The van der Waals surface area contributed by atoms with Crippen LogP contribution in [0.3, 0.4) is 0 Å². The lowest BCUT2D eigenvalue weighted by atomic mass is 10.1. The summed E-state index contributed by atoms with van der Waals surface area (Å²) in [6.45, 7) is 3.25. The molecule has 1 saturated heterocycles. The summed E-state index contributed by atoms with van der Waals surface area (Å²) >= 11 is 0. The van der Waals surface area contributed by atoms with Crippen molar-refractivity contribution in [3.63, 3.8) is 0 Å². The van der Waals surface area contributed by atoms with E-state index in [0.29, 0.717) is 18.5 Å². The van der Waals surface area contributed by atoms with Gasteiger partial charge in [0.05, 0.1) is 12.2 Å². The lowest BCUT2D eigenvalue weighted by molar-refractivity contribution is 0.179. The van der Waals surface area contributed by atoms with Crippen LogP contribution in [0.5, 0.6) is 5.88 Å². The largest absolute Gasteiger partial charge is 0.471 e. The third kappa shape index (κ3) is 4.56. The molecular formula is C17H26N4O2. The normalized spacial score (nSPS) is 22.7. The monoisotopic (exact) mass is 318 g/mol. The van der Waals surface area contributed by atoms with Crippen LogP contribution in [0.25, 0.3) is 0 Å². The molecule has 0 spiro atoms. The molecule has 1 N–H and O–H groups in total. The zero-order chi connectivity index (χ0) is 16.1. The number of rotatable bonds is 3. The molecule has 1 unspecified atom stereocenters. The van der Waals surface area contributed by atoms with Gasteiger partial charge in [-0.25, -0.2) is 4.79 Å². The SMILES string of the molecule is Cc1ccc(OC2CCN(C(=O)NC3CCCCCC3)C2)nn1. The van der Waals surface area contributed by atoms with Crippen LogP contribution < -0.4 is 10.1 Å². The number of likely N-dealkylation sites (tertiary alicyclic amines) is 1. The van der Waals surface area contributed by atoms with Crippen LogP contribution in [0.4, 0.5) is 4.79 Å². The second kappa shape index (κ2) is 7.62. The maximum atomic E-state index is 12.4. The fourth-order valence-electron chi connectivity index (χ4n) is 3.32. The van der Waals surface area contributed by atoms with E-state index >= 15 is 0 Å². The predicted octanol–water partition coefficient (Wildman–Crippen LogP) is 2.67. The summed E-state index contributed by atoms with van der Waals surface area (Å²) in [6, 6.07) is 4.11. The highest BCUT2D eigenvalue weighted by Crippen LogP contribution is 2.19. The number of carbonyl (C=O) groups excluding carboxylic acids is 1. The molecule has 1 aliphatic heterocycles. The first kappa shape index (κ1) is 16.0. The molecule has 2 amide bonds. The summed E-state index contributed by atoms with van der Waals surface area (Å²) in [6.07, 6.45) is 8.11. The Balaban J connectivity index is 1.46. The van der Waals surface area contributed by atoms with Crippen molar-refractivity contribution < 1.29 is 9.53 Å². The first-order chi connectivity index (χ1) is 11.2. The maximum Gasteiger partial charge on any atom is 0.317 e. The molecule has 1 aliphatic carbocycles. The second-order valence-electron chi connectivity index (χ2n) is 6.63. The van der Waals surface area contributed by atoms with Crippen molar-refractivity contribution in [1.82, 2.24) is 20.4 Å². The number of hydrogen-bond acceptors (Lipinski definition) is 4. The van der Waals surface area contributed by atoms with Gasteiger partial charge in [-0.05, 0) is 25.8 Å². The summed E-state index contributed by atoms with van der Waals surface area (Å²) in [7, 11) is 0. The van der Waals surface area contributed by atoms with Gasteiger partial charge in [-0.15, -0.1) is 5.10 Å². The Kier molecular flexibility index (Phi) is 5.31. The zero-order valence-corrected chi connectivity index (χ0v) is 13.8. The van der Waals surface area contributed by atoms with E-state index in [1.807, 2.05) is 24.0 Å². The summed E-state index contributed by atoms with van der Waals surface area (Å²) in [5.74, 6) is 0.534. The number of hydrogen-bond donors (Lipinski definition) is 1. The van der Waals surface area contributed by atoms with Gasteiger partial charge in [0.2, 0.25) is 5.88 Å². The minimum Gasteiger partial charge on any atom is -0.471 e. The molecule has 0 radical (unpaired) electrons. The number of amides is 2. The summed E-state index contributed by atoms with van der Waals surface area (Å²) in [5.41, 5.74) is 0.869. The smallest absolute Gasteiger partial charge is 0.317 e. The highest BCUT2D eigenvalue weighted by molar-refractivity contribution is 5.74. The molecule has 1 atom stereocenters. The van der Waals surface area contributed by atoms with Crippen LogP contribution in [0.15, 0.2) is 12.1 Å². The second-order valence-corrected chi connectivity index (χ2v) is 6.63. The quantitative estimate of drug-likeness (QED) is 0.870. The van der Waals surface area contributed by atoms with E-state index < -0.39 is 0 Å². The minimum absolute atomic E-state index is 0.00638. The topological polar surface area (TPSA) is 67.3 Å². The molecule has 0 bridgehead atoms. The van der Waals surface area contributed by atoms with E-state index in [1.54, 1.807) is 0 Å². The maximum absolute atomic E-state index is 12.4. The summed E-state index contributed by atoms with van der Waals surface area (Å²) < 4.78 is 5.83. The lowest BCUT2D eigenvalue weighted by Crippen LogP contribution is -2.44. The van der Waals surface area contributed by atoms with Crippen LogP contribution >= 0.6 is 0 Å². The van der Waals surface area contributed by atoms with Crippen molar-refractivity contribution in [3.05, 3.63) is 17.8 Å². The first-order valence-electron chi connectivity index (χ1n) is 8.73. The predicted molar refractivity (Wildman–Crippen MR) is 87.4 cm³/mol. The number of nitrogens with zero attached hydrogens (tertiary/aromatic N) is 3. The van der Waals surface area contributed by atoms with Gasteiger partial charge in [0.1, 0.15) is 6.10 Å². The fraction of sp³-hybridized carbons (Fsp3) is 0.706. The van der Waals surface area contributed by atoms with Gasteiger partial charge in [0.15, 0.2) is 0 Å². The van der Waals surface area contributed by atoms with Crippen LogP contribution in [-0.4, -0.2) is 46.4 Å². The van der Waals surface area contributed by atoms with Gasteiger partial charge < -0.3 is 15.0 Å². The van der Waals surface area contributed by atoms with Crippen molar-refractivity contribution in [1.29, 1.82) is 0 Å². The van der Waals surface area contributed by atoms with Gasteiger partial charge in [-0.1, -0.05) is 25.7 Å². The van der Waals surface area contributed by atoms with Crippen LogP contribution in [0.2, 0.25) is 0 Å². The molecule has 2 heterocycles. The average molecular weight is 318 g/mol. The molecule has 126 valence electrons. The number of aromatic nitrogens is 2. The Morgan fingerprint density at radius 1 is 1.17 bits per heavy atom. The average Bonchev–Trinajstić information content (AvgIpc) is 2.86. The fourth-order valence-corrected chi connectivity index (χ4v) is 3.32. The van der Waals surface area contributed by atoms with Crippen molar-refractivity contribution in [2.45, 2.75) is 64.0 Å². The molecule has 23 heavy (non-hydrogen) atoms. The molecule has 1 aromatic heterocycles. The van der Waals surface area contributed by atoms with E-state index in [-0.39, 0.29) is 12.1 Å². The van der Waals surface area contributed by atoms with Crippen LogP contribution in [0.1, 0.15) is 50.6 Å². The Morgan fingerprint density at radius 3 is 2.65 bits per heavy atom. The van der Waals surface area contributed by atoms with E-state index in [1.165, 1.54) is 25.7 Å². The third-order valence-electron chi connectivity index (χ3n) is 4.68. The molecule has 6 nitrogen and oxygen atoms in total. The van der Waals surface area contributed by atoms with Gasteiger partial charge in [0, 0.05) is 25.1 Å². The van der Waals surface area contributed by atoms with E-state index in [2.05, 4.69) is 15.5 Å². The van der Waals surface area contributed by atoms with Gasteiger partial charge >= 0.3 is 6.03 Å². The molecule has 1 aromatic rings. The standard InChI is InChI=1S/C17H26N4O2/c1-13-8-9-16(20-19-13)23-15-10-11-21(12-15)17(22)18-14-6-4-2-3-5-7-14/h8-9,14-15H,2-7,10-12H2,1H3,(H,18,22). The Morgan fingerprint density at radius 2 is 1.96 bits per heavy atom. The van der Waals surface area contributed by atoms with Crippen LogP contribution in [-0.2, 0) is 0 Å². The first-order valence-corrected chi connectivity index (χ1v) is 8.73. The zero-order valence-electron chi connectivity index (χ0n) is 13.8. The van der Waals surface area contributed by atoms with E-state index in [4.69, 9.17) is 4.74 Å². The number of nitrogens with one attached hydrogen (secondary N) is 1. The Bertz CT molecular complexity index is 512. The van der Waals surface area contributed by atoms with Crippen molar-refractivity contribution in [3.8, 4) is 5.88 Å². The molecule has 2 fully saturated rings. The van der Waals surface area contributed by atoms with Gasteiger partial charge in [-0.2, -0.15) is 5.10 Å². The highest BCUT2D eigenvalue weighted by Gasteiger charge is 2.29.